The molecule has 37 heavy (non-hydrogen) atoms. The Morgan fingerprint density at radius 2 is 2.00 bits per heavy atom. The number of esters is 1. The van der Waals surface area contributed by atoms with Crippen LogP contribution in [0.15, 0.2) is 49.6 Å². The first-order valence-corrected chi connectivity index (χ1v) is 12.9. The predicted molar refractivity (Wildman–Crippen MR) is 137 cm³/mol. The molecule has 3 aliphatic rings. The van der Waals surface area contributed by atoms with Gasteiger partial charge in [0.1, 0.15) is 17.4 Å². The smallest absolute Gasteiger partial charge is 0.312 e. The number of allylic oxidation sites excluding steroid dienone is 1. The van der Waals surface area contributed by atoms with Gasteiger partial charge in [-0.3, -0.25) is 14.4 Å². The maximum Gasteiger partial charge on any atom is 0.312 e. The molecule has 2 unspecified atom stereocenters. The minimum absolute atomic E-state index is 0.0324. The summed E-state index contributed by atoms with van der Waals surface area (Å²) in [6, 6.07) is 6.06. The Labute approximate surface area is 217 Å². The van der Waals surface area contributed by atoms with E-state index >= 15 is 0 Å². The van der Waals surface area contributed by atoms with E-state index in [9.17, 15) is 19.5 Å². The first kappa shape index (κ1) is 26.9. The summed E-state index contributed by atoms with van der Waals surface area (Å²) in [6.07, 6.45) is 6.39. The Hall–Kier alpha value is -3.17. The van der Waals surface area contributed by atoms with Crippen molar-refractivity contribution in [1.29, 1.82) is 0 Å². The molecule has 1 aromatic carbocycles. The molecule has 0 aliphatic carbocycles. The number of fused-ring (bicyclic) bond motifs is 1. The quantitative estimate of drug-likeness (QED) is 0.246. The van der Waals surface area contributed by atoms with Crippen LogP contribution in [-0.4, -0.2) is 79.0 Å². The molecule has 3 aliphatic heterocycles. The summed E-state index contributed by atoms with van der Waals surface area (Å²) in [5.74, 6) is -2.10. The van der Waals surface area contributed by atoms with Crippen LogP contribution in [0.25, 0.3) is 0 Å². The molecule has 2 bridgehead atoms. The first-order valence-electron chi connectivity index (χ1n) is 12.9. The lowest BCUT2D eigenvalue weighted by molar-refractivity contribution is -0.155. The van der Waals surface area contributed by atoms with E-state index in [1.54, 1.807) is 42.4 Å². The zero-order valence-corrected chi connectivity index (χ0v) is 21.3. The summed E-state index contributed by atoms with van der Waals surface area (Å²) in [7, 11) is 1.56. The van der Waals surface area contributed by atoms with E-state index in [0.717, 1.165) is 12.8 Å². The fourth-order valence-corrected chi connectivity index (χ4v) is 6.07. The maximum absolute atomic E-state index is 14.2. The fourth-order valence-electron chi connectivity index (χ4n) is 6.07. The van der Waals surface area contributed by atoms with Gasteiger partial charge in [-0.15, -0.1) is 13.2 Å². The second-order valence-electron chi connectivity index (χ2n) is 9.70. The first-order chi connectivity index (χ1) is 17.9. The van der Waals surface area contributed by atoms with Gasteiger partial charge in [-0.25, -0.2) is 0 Å². The fraction of sp³-hybridized carbons (Fsp3) is 0.536. The van der Waals surface area contributed by atoms with Gasteiger partial charge in [0.05, 0.1) is 38.3 Å². The van der Waals surface area contributed by atoms with Gasteiger partial charge < -0.3 is 29.1 Å². The number of anilines is 1. The lowest BCUT2D eigenvalue weighted by Crippen LogP contribution is -2.56. The number of amides is 2. The van der Waals surface area contributed by atoms with E-state index < -0.39 is 35.6 Å². The molecular formula is C28H36N2O7. The van der Waals surface area contributed by atoms with Gasteiger partial charge in [-0.2, -0.15) is 0 Å². The minimum Gasteiger partial charge on any atom is -0.497 e. The van der Waals surface area contributed by atoms with Crippen LogP contribution in [0.1, 0.15) is 32.1 Å². The van der Waals surface area contributed by atoms with Crippen molar-refractivity contribution < 1.29 is 33.7 Å². The highest BCUT2D eigenvalue weighted by atomic mass is 16.6. The average Bonchev–Trinajstić information content (AvgIpc) is 3.55. The molecule has 1 spiro atoms. The molecule has 0 radical (unpaired) electrons. The van der Waals surface area contributed by atoms with Crippen molar-refractivity contribution in [2.75, 3.05) is 38.3 Å². The van der Waals surface area contributed by atoms with Gasteiger partial charge in [0.15, 0.2) is 0 Å². The second-order valence-corrected chi connectivity index (χ2v) is 9.70. The number of unbranched alkanes of at least 4 members (excludes halogenated alkanes) is 2. The van der Waals surface area contributed by atoms with Crippen LogP contribution < -0.4 is 9.64 Å². The van der Waals surface area contributed by atoms with Crippen LogP contribution in [0.4, 0.5) is 5.69 Å². The van der Waals surface area contributed by atoms with Crippen LogP contribution in [0.3, 0.4) is 0 Å². The minimum atomic E-state index is -1.15. The predicted octanol–water partition coefficient (Wildman–Crippen LogP) is 2.48. The van der Waals surface area contributed by atoms with E-state index in [-0.39, 0.29) is 38.1 Å². The number of carbonyl (C=O) groups excluding carboxylic acids is 3. The number of likely N-dealkylation sites (tertiary alicyclic amines) is 1. The number of benzene rings is 1. The van der Waals surface area contributed by atoms with Gasteiger partial charge in [0.25, 0.3) is 5.91 Å². The van der Waals surface area contributed by atoms with Gasteiger partial charge >= 0.3 is 5.97 Å². The Kier molecular flexibility index (Phi) is 8.34. The highest BCUT2D eigenvalue weighted by molar-refractivity contribution is 6.04. The number of aliphatic hydroxyl groups excluding tert-OH is 1. The number of rotatable bonds is 13. The molecule has 2 amide bonds. The Balaban J connectivity index is 1.62. The van der Waals surface area contributed by atoms with Gasteiger partial charge in [0, 0.05) is 18.8 Å². The summed E-state index contributed by atoms with van der Waals surface area (Å²) < 4.78 is 17.2. The van der Waals surface area contributed by atoms with Crippen molar-refractivity contribution in [2.45, 2.75) is 49.9 Å². The lowest BCUT2D eigenvalue weighted by Gasteiger charge is -2.36. The average molecular weight is 513 g/mol. The van der Waals surface area contributed by atoms with Gasteiger partial charge in [-0.1, -0.05) is 12.2 Å². The second kappa shape index (κ2) is 11.5. The summed E-state index contributed by atoms with van der Waals surface area (Å²) in [6.45, 7) is 7.62. The van der Waals surface area contributed by atoms with Gasteiger partial charge in [-0.05, 0) is 56.4 Å². The molecule has 0 aromatic heterocycles. The molecule has 4 rings (SSSR count). The van der Waals surface area contributed by atoms with Crippen molar-refractivity contribution in [3.63, 3.8) is 0 Å². The number of nitrogens with zero attached hydrogens (tertiary/aromatic N) is 2. The normalized spacial score (nSPS) is 27.6. The van der Waals surface area contributed by atoms with E-state index in [0.29, 0.717) is 30.7 Å². The van der Waals surface area contributed by atoms with Crippen molar-refractivity contribution in [3.05, 3.63) is 49.6 Å². The third-order valence-corrected chi connectivity index (χ3v) is 7.66. The molecule has 3 heterocycles. The van der Waals surface area contributed by atoms with E-state index in [2.05, 4.69) is 13.2 Å². The standard InChI is InChI=1S/C28H36N2O7/c1-4-6-7-8-18-36-27(34)22-21-13-14-28(37-21)23(22)25(32)30(16-17-31)24(28)26(33)29(15-5-2)19-9-11-20(35-3)12-10-19/h4-5,9-12,21-24,31H,1-2,6-8,13-18H2,3H3/t21-,22+,23+,24?,28?/m1/s1. The largest absolute Gasteiger partial charge is 0.497 e. The third kappa shape index (κ3) is 4.78. The molecule has 9 heteroatoms. The molecule has 9 nitrogen and oxygen atoms in total. The molecule has 3 fully saturated rings. The number of carbonyl (C=O) groups is 3. The zero-order chi connectivity index (χ0) is 26.6. The number of hydrogen-bond acceptors (Lipinski definition) is 7. The molecular weight excluding hydrogens is 476 g/mol. The Morgan fingerprint density at radius 1 is 1.24 bits per heavy atom. The van der Waals surface area contributed by atoms with Crippen LogP contribution in [0.2, 0.25) is 0 Å². The Bertz CT molecular complexity index is 1030. The molecule has 1 N–H and O–H groups in total. The van der Waals surface area contributed by atoms with E-state index in [1.807, 2.05) is 6.08 Å². The molecule has 3 saturated heterocycles. The highest BCUT2D eigenvalue weighted by Crippen LogP contribution is 2.58. The molecule has 1 aromatic rings. The summed E-state index contributed by atoms with van der Waals surface area (Å²) in [4.78, 5) is 44.0. The van der Waals surface area contributed by atoms with E-state index in [1.165, 1.54) is 4.90 Å². The SMILES string of the molecule is C=CCCCCOC(=O)[C@@H]1[C@H]2C(=O)N(CCO)C(C(=O)N(CC=C)c3ccc(OC)cc3)C23CC[C@H]1O3. The topological polar surface area (TPSA) is 106 Å². The third-order valence-electron chi connectivity index (χ3n) is 7.66. The molecule has 0 saturated carbocycles. The maximum atomic E-state index is 14.2. The van der Waals surface area contributed by atoms with Crippen LogP contribution >= 0.6 is 0 Å². The summed E-state index contributed by atoms with van der Waals surface area (Å²) >= 11 is 0. The Morgan fingerprint density at radius 3 is 2.65 bits per heavy atom. The van der Waals surface area contributed by atoms with Crippen molar-refractivity contribution in [1.82, 2.24) is 4.90 Å². The van der Waals surface area contributed by atoms with Gasteiger partial charge in [0.2, 0.25) is 5.91 Å². The van der Waals surface area contributed by atoms with Crippen LogP contribution in [0, 0.1) is 11.8 Å². The van der Waals surface area contributed by atoms with Crippen LogP contribution in [-0.2, 0) is 23.9 Å². The zero-order valence-electron chi connectivity index (χ0n) is 21.3. The molecule has 200 valence electrons. The highest BCUT2D eigenvalue weighted by Gasteiger charge is 2.75. The van der Waals surface area contributed by atoms with Crippen molar-refractivity contribution in [3.8, 4) is 5.75 Å². The van der Waals surface area contributed by atoms with E-state index in [4.69, 9.17) is 14.2 Å². The lowest BCUT2D eigenvalue weighted by atomic mass is 9.70. The van der Waals surface area contributed by atoms with Crippen molar-refractivity contribution >= 4 is 23.5 Å². The number of methoxy groups -OCH3 is 1. The molecule has 5 atom stereocenters. The van der Waals surface area contributed by atoms with Crippen molar-refractivity contribution in [2.24, 2.45) is 11.8 Å². The summed E-state index contributed by atoms with van der Waals surface area (Å²) in [5, 5.41) is 9.76. The van der Waals surface area contributed by atoms with Crippen LogP contribution in [0.5, 0.6) is 5.75 Å². The number of ether oxygens (including phenoxy) is 3. The monoisotopic (exact) mass is 512 g/mol. The summed E-state index contributed by atoms with van der Waals surface area (Å²) in [5.41, 5.74) is -0.531. The number of aliphatic hydroxyl groups is 1. The number of hydrogen-bond donors (Lipinski definition) is 1. The number of β-amino-alcohol motifs (C(OH)–C–C–N with tert-alkyl or cyclic N) is 1.